The van der Waals surface area contributed by atoms with Crippen LogP contribution in [0.15, 0.2) is 52.9 Å². The van der Waals surface area contributed by atoms with Gasteiger partial charge in [-0.3, -0.25) is 9.69 Å². The van der Waals surface area contributed by atoms with Crippen molar-refractivity contribution in [3.05, 3.63) is 86.2 Å². The predicted octanol–water partition coefficient (Wildman–Crippen LogP) is 6.09. The average molecular weight is 494 g/mol. The van der Waals surface area contributed by atoms with Crippen LogP contribution in [-0.4, -0.2) is 41.9 Å². The molecule has 2 aromatic carbocycles. The molecule has 0 aliphatic carbocycles. The number of aryl methyl sites for hydroxylation is 1. The summed E-state index contributed by atoms with van der Waals surface area (Å²) in [4.78, 5) is 17.1. The van der Waals surface area contributed by atoms with E-state index in [2.05, 4.69) is 36.1 Å². The Morgan fingerprint density at radius 2 is 1.69 bits per heavy atom. The van der Waals surface area contributed by atoms with E-state index in [0.717, 1.165) is 19.6 Å². The smallest absolute Gasteiger partial charge is 0.289 e. The van der Waals surface area contributed by atoms with Crippen LogP contribution in [0.25, 0.3) is 0 Å². The minimum atomic E-state index is -0.116. The van der Waals surface area contributed by atoms with Crippen LogP contribution in [-0.2, 0) is 13.2 Å². The Hall–Kier alpha value is -2.18. The molecule has 0 saturated carbocycles. The third-order valence-corrected chi connectivity index (χ3v) is 6.29. The Kier molecular flexibility index (Phi) is 7.31. The number of nitrogens with zero attached hydrogens (tertiary/aromatic N) is 2. The monoisotopic (exact) mass is 492 g/mol. The Labute approximate surface area is 202 Å². The van der Waals surface area contributed by atoms with E-state index in [9.17, 15) is 4.79 Å². The molecule has 0 radical (unpaired) electrons. The van der Waals surface area contributed by atoms with Gasteiger partial charge in [-0.2, -0.15) is 0 Å². The molecule has 0 N–H and O–H groups in total. The van der Waals surface area contributed by atoms with Crippen LogP contribution in [0, 0.1) is 6.92 Å². The quantitative estimate of drug-likeness (QED) is 0.417. The highest BCUT2D eigenvalue weighted by Crippen LogP contribution is 2.36. The van der Waals surface area contributed by atoms with Gasteiger partial charge in [-0.15, -0.1) is 0 Å². The first-order valence-electron chi connectivity index (χ1n) is 10.3. The lowest BCUT2D eigenvalue weighted by Crippen LogP contribution is -2.48. The molecule has 0 bridgehead atoms. The molecule has 2 heterocycles. The molecule has 8 heteroatoms. The second-order valence-corrected chi connectivity index (χ2v) is 9.00. The lowest BCUT2D eigenvalue weighted by Gasteiger charge is -2.34. The zero-order valence-corrected chi connectivity index (χ0v) is 19.9. The molecular weight excluding hydrogens is 471 g/mol. The molecule has 0 atom stereocenters. The molecule has 1 fully saturated rings. The number of amides is 1. The molecule has 3 aromatic rings. The zero-order chi connectivity index (χ0) is 22.7. The third kappa shape index (κ3) is 5.41. The maximum Gasteiger partial charge on any atom is 0.289 e. The predicted molar refractivity (Wildman–Crippen MR) is 127 cm³/mol. The van der Waals surface area contributed by atoms with Gasteiger partial charge in [-0.25, -0.2) is 0 Å². The van der Waals surface area contributed by atoms with Crippen molar-refractivity contribution in [2.24, 2.45) is 0 Å². The van der Waals surface area contributed by atoms with Crippen LogP contribution >= 0.6 is 34.8 Å². The molecule has 1 aliphatic rings. The standard InChI is InChI=1S/C24H23Cl3N2O3/c1-16-4-2-3-5-17(16)14-28-8-10-29(11-9-28)24(30)22-7-6-19(32-22)15-31-23-20(26)12-18(25)13-21(23)27/h2-7,12-13H,8-11,14-15H2,1H3. The maximum absolute atomic E-state index is 12.9. The SMILES string of the molecule is Cc1ccccc1CN1CCN(C(=O)c2ccc(COc3c(Cl)cc(Cl)cc3Cl)o2)CC1. The van der Waals surface area contributed by atoms with E-state index in [4.69, 9.17) is 44.0 Å². The van der Waals surface area contributed by atoms with Crippen LogP contribution in [0.3, 0.4) is 0 Å². The molecule has 1 amide bonds. The number of hydrogen-bond acceptors (Lipinski definition) is 4. The number of carbonyl (C=O) groups excluding carboxylic acids is 1. The van der Waals surface area contributed by atoms with Crippen LogP contribution in [0.2, 0.25) is 15.1 Å². The van der Waals surface area contributed by atoms with Gasteiger partial charge in [0.1, 0.15) is 12.4 Å². The van der Waals surface area contributed by atoms with Crippen molar-refractivity contribution in [2.75, 3.05) is 26.2 Å². The molecule has 5 nitrogen and oxygen atoms in total. The largest absolute Gasteiger partial charge is 0.483 e. The van der Waals surface area contributed by atoms with Crippen molar-refractivity contribution in [3.63, 3.8) is 0 Å². The number of rotatable bonds is 6. The van der Waals surface area contributed by atoms with Gasteiger partial charge in [0.2, 0.25) is 0 Å². The highest BCUT2D eigenvalue weighted by atomic mass is 35.5. The summed E-state index contributed by atoms with van der Waals surface area (Å²) in [6.07, 6.45) is 0. The fraction of sp³-hybridized carbons (Fsp3) is 0.292. The van der Waals surface area contributed by atoms with E-state index in [-0.39, 0.29) is 12.5 Å². The van der Waals surface area contributed by atoms with E-state index < -0.39 is 0 Å². The summed E-state index contributed by atoms with van der Waals surface area (Å²) < 4.78 is 11.4. The van der Waals surface area contributed by atoms with Crippen molar-refractivity contribution >= 4 is 40.7 Å². The average Bonchev–Trinajstić information content (AvgIpc) is 3.24. The normalized spacial score (nSPS) is 14.6. The highest BCUT2D eigenvalue weighted by Gasteiger charge is 2.24. The lowest BCUT2D eigenvalue weighted by molar-refractivity contribution is 0.0594. The van der Waals surface area contributed by atoms with E-state index in [1.807, 2.05) is 4.90 Å². The van der Waals surface area contributed by atoms with Crippen molar-refractivity contribution < 1.29 is 13.9 Å². The van der Waals surface area contributed by atoms with E-state index >= 15 is 0 Å². The van der Waals surface area contributed by atoms with Gasteiger partial charge >= 0.3 is 0 Å². The van der Waals surface area contributed by atoms with Crippen molar-refractivity contribution in [1.29, 1.82) is 0 Å². The number of benzene rings is 2. The van der Waals surface area contributed by atoms with E-state index in [1.54, 1.807) is 24.3 Å². The van der Waals surface area contributed by atoms with Gasteiger partial charge in [0.05, 0.1) is 10.0 Å². The number of halogens is 3. The summed E-state index contributed by atoms with van der Waals surface area (Å²) in [6, 6.07) is 14.9. The van der Waals surface area contributed by atoms with E-state index in [1.165, 1.54) is 11.1 Å². The fourth-order valence-corrected chi connectivity index (χ4v) is 4.60. The maximum atomic E-state index is 12.9. The van der Waals surface area contributed by atoms with Gasteiger partial charge in [0.25, 0.3) is 5.91 Å². The number of hydrogen-bond donors (Lipinski definition) is 0. The second-order valence-electron chi connectivity index (χ2n) is 7.75. The first-order chi connectivity index (χ1) is 15.4. The first kappa shape index (κ1) is 23.0. The molecule has 4 rings (SSSR count). The summed E-state index contributed by atoms with van der Waals surface area (Å²) in [6.45, 7) is 6.09. The topological polar surface area (TPSA) is 45.9 Å². The minimum absolute atomic E-state index is 0.0958. The second kappa shape index (κ2) is 10.2. The van der Waals surface area contributed by atoms with Gasteiger partial charge in [-0.05, 0) is 42.3 Å². The summed E-state index contributed by atoms with van der Waals surface area (Å²) >= 11 is 18.2. The van der Waals surface area contributed by atoms with Crippen molar-refractivity contribution in [3.8, 4) is 5.75 Å². The Morgan fingerprint density at radius 1 is 1.00 bits per heavy atom. The van der Waals surface area contributed by atoms with Crippen molar-refractivity contribution in [1.82, 2.24) is 9.80 Å². The van der Waals surface area contributed by atoms with Crippen LogP contribution in [0.1, 0.15) is 27.4 Å². The van der Waals surface area contributed by atoms with E-state index in [0.29, 0.717) is 45.4 Å². The van der Waals surface area contributed by atoms with Crippen molar-refractivity contribution in [2.45, 2.75) is 20.1 Å². The minimum Gasteiger partial charge on any atom is -0.483 e. The van der Waals surface area contributed by atoms with Crippen LogP contribution in [0.5, 0.6) is 5.75 Å². The molecular formula is C24H23Cl3N2O3. The molecule has 1 aromatic heterocycles. The summed E-state index contributed by atoms with van der Waals surface area (Å²) in [5.74, 6) is 1.01. The van der Waals surface area contributed by atoms with Gasteiger partial charge in [0.15, 0.2) is 11.5 Å². The zero-order valence-electron chi connectivity index (χ0n) is 17.6. The molecule has 1 aliphatic heterocycles. The Bertz CT molecular complexity index is 1080. The Balaban J connectivity index is 1.31. The molecule has 168 valence electrons. The van der Waals surface area contributed by atoms with Gasteiger partial charge in [-0.1, -0.05) is 59.1 Å². The number of carbonyl (C=O) groups is 1. The Morgan fingerprint density at radius 3 is 2.38 bits per heavy atom. The third-order valence-electron chi connectivity index (χ3n) is 5.51. The lowest BCUT2D eigenvalue weighted by atomic mass is 10.1. The number of piperazine rings is 1. The fourth-order valence-electron chi connectivity index (χ4n) is 3.67. The van der Waals surface area contributed by atoms with Crippen LogP contribution in [0.4, 0.5) is 0 Å². The van der Waals surface area contributed by atoms with Crippen LogP contribution < -0.4 is 4.74 Å². The summed E-state index contributed by atoms with van der Waals surface area (Å²) in [7, 11) is 0. The molecule has 0 spiro atoms. The summed E-state index contributed by atoms with van der Waals surface area (Å²) in [5.41, 5.74) is 2.61. The number of ether oxygens (including phenoxy) is 1. The molecule has 1 saturated heterocycles. The highest BCUT2D eigenvalue weighted by molar-refractivity contribution is 6.40. The molecule has 0 unspecified atom stereocenters. The first-order valence-corrected chi connectivity index (χ1v) is 11.5. The molecule has 32 heavy (non-hydrogen) atoms. The van der Waals surface area contributed by atoms with Gasteiger partial charge in [0, 0.05) is 37.7 Å². The number of furan rings is 1. The summed E-state index contributed by atoms with van der Waals surface area (Å²) in [5, 5.41) is 1.06. The van der Waals surface area contributed by atoms with Gasteiger partial charge < -0.3 is 14.1 Å².